The summed E-state index contributed by atoms with van der Waals surface area (Å²) >= 11 is 0. The van der Waals surface area contributed by atoms with Crippen molar-refractivity contribution in [1.29, 1.82) is 0 Å². The second-order valence-corrected chi connectivity index (χ2v) is 5.96. The molecule has 0 radical (unpaired) electrons. The second kappa shape index (κ2) is 8.84. The molecule has 0 bridgehead atoms. The van der Waals surface area contributed by atoms with Crippen LogP contribution in [0.5, 0.6) is 0 Å². The van der Waals surface area contributed by atoms with Gasteiger partial charge in [0.25, 0.3) is 0 Å². The van der Waals surface area contributed by atoms with Crippen molar-refractivity contribution in [3.8, 4) is 0 Å². The molecule has 0 aliphatic carbocycles. The third-order valence-corrected chi connectivity index (χ3v) is 4.13. The van der Waals surface area contributed by atoms with Crippen molar-refractivity contribution in [2.45, 2.75) is 27.2 Å². The fraction of sp³-hybridized carbons (Fsp3) is 0.227. The summed E-state index contributed by atoms with van der Waals surface area (Å²) in [5.74, 6) is 0.716. The number of benzene rings is 2. The Morgan fingerprint density at radius 2 is 1.96 bits per heavy atom. The van der Waals surface area contributed by atoms with Gasteiger partial charge in [0.05, 0.1) is 5.69 Å². The lowest BCUT2D eigenvalue weighted by molar-refractivity contribution is 0.101. The van der Waals surface area contributed by atoms with Crippen LogP contribution in [-0.4, -0.2) is 18.7 Å². The van der Waals surface area contributed by atoms with Crippen LogP contribution in [0.15, 0.2) is 65.5 Å². The molecule has 4 nitrogen and oxygen atoms in total. The molecule has 0 saturated heterocycles. The molecule has 0 atom stereocenters. The lowest BCUT2D eigenvalue weighted by Gasteiger charge is -2.14. The SMILES string of the molecule is C=C=C(Nc1ccc(C(C)=O)c(CC)c1)/C(=N\c1ccccc1C)NC. The fourth-order valence-electron chi connectivity index (χ4n) is 2.69. The van der Waals surface area contributed by atoms with Gasteiger partial charge in [0.2, 0.25) is 0 Å². The van der Waals surface area contributed by atoms with Crippen LogP contribution >= 0.6 is 0 Å². The predicted molar refractivity (Wildman–Crippen MR) is 109 cm³/mol. The Bertz CT molecular complexity index is 890. The van der Waals surface area contributed by atoms with Crippen LogP contribution < -0.4 is 10.6 Å². The third-order valence-electron chi connectivity index (χ3n) is 4.13. The zero-order valence-corrected chi connectivity index (χ0v) is 15.8. The molecule has 2 N–H and O–H groups in total. The van der Waals surface area contributed by atoms with Gasteiger partial charge in [-0.3, -0.25) is 4.79 Å². The summed E-state index contributed by atoms with van der Waals surface area (Å²) in [5.41, 5.74) is 8.15. The summed E-state index contributed by atoms with van der Waals surface area (Å²) < 4.78 is 0. The number of para-hydroxylation sites is 1. The molecule has 26 heavy (non-hydrogen) atoms. The van der Waals surface area contributed by atoms with E-state index < -0.39 is 0 Å². The molecule has 0 unspecified atom stereocenters. The minimum atomic E-state index is 0.0740. The molecule has 2 aromatic rings. The molecule has 0 fully saturated rings. The Balaban J connectivity index is 2.35. The Morgan fingerprint density at radius 1 is 1.23 bits per heavy atom. The lowest BCUT2D eigenvalue weighted by atomic mass is 10.0. The first-order valence-electron chi connectivity index (χ1n) is 8.63. The molecular weight excluding hydrogens is 322 g/mol. The fourth-order valence-corrected chi connectivity index (χ4v) is 2.69. The number of hydrogen-bond donors (Lipinski definition) is 2. The van der Waals surface area contributed by atoms with E-state index in [1.165, 1.54) is 0 Å². The smallest absolute Gasteiger partial charge is 0.160 e. The number of nitrogens with zero attached hydrogens (tertiary/aromatic N) is 1. The van der Waals surface area contributed by atoms with Crippen LogP contribution in [0.4, 0.5) is 11.4 Å². The van der Waals surface area contributed by atoms with Gasteiger partial charge in [-0.25, -0.2) is 4.99 Å². The highest BCUT2D eigenvalue weighted by atomic mass is 16.1. The summed E-state index contributed by atoms with van der Waals surface area (Å²) in [6, 6.07) is 13.6. The Labute approximate surface area is 155 Å². The number of aliphatic imine (C=N–C) groups is 1. The number of rotatable bonds is 6. The highest BCUT2D eigenvalue weighted by molar-refractivity contribution is 6.02. The van der Waals surface area contributed by atoms with E-state index in [1.54, 1.807) is 6.92 Å². The van der Waals surface area contributed by atoms with Gasteiger partial charge in [0, 0.05) is 18.3 Å². The highest BCUT2D eigenvalue weighted by Gasteiger charge is 2.10. The van der Waals surface area contributed by atoms with Gasteiger partial charge in [0.15, 0.2) is 11.6 Å². The van der Waals surface area contributed by atoms with E-state index in [-0.39, 0.29) is 5.78 Å². The van der Waals surface area contributed by atoms with E-state index >= 15 is 0 Å². The normalized spacial score (nSPS) is 10.8. The predicted octanol–water partition coefficient (Wildman–Crippen LogP) is 4.79. The summed E-state index contributed by atoms with van der Waals surface area (Å²) in [4.78, 5) is 16.4. The van der Waals surface area contributed by atoms with Gasteiger partial charge in [0.1, 0.15) is 5.70 Å². The van der Waals surface area contributed by atoms with Crippen LogP contribution in [0.1, 0.15) is 35.3 Å². The molecule has 134 valence electrons. The molecule has 2 aromatic carbocycles. The first-order valence-corrected chi connectivity index (χ1v) is 8.63. The number of aryl methyl sites for hydroxylation is 2. The molecule has 0 spiro atoms. The number of Topliss-reactive ketones (excluding diaryl/α,β-unsaturated/α-hetero) is 1. The first-order chi connectivity index (χ1) is 12.5. The monoisotopic (exact) mass is 347 g/mol. The van der Waals surface area contributed by atoms with E-state index in [1.807, 2.05) is 63.4 Å². The lowest BCUT2D eigenvalue weighted by Crippen LogP contribution is -2.24. The van der Waals surface area contributed by atoms with Gasteiger partial charge in [-0.2, -0.15) is 0 Å². The van der Waals surface area contributed by atoms with Crippen molar-refractivity contribution in [2.24, 2.45) is 4.99 Å². The minimum absolute atomic E-state index is 0.0740. The van der Waals surface area contributed by atoms with E-state index in [2.05, 4.69) is 27.9 Å². The van der Waals surface area contributed by atoms with Gasteiger partial charge in [-0.05, 0) is 55.7 Å². The molecule has 0 aliphatic rings. The zero-order chi connectivity index (χ0) is 19.1. The summed E-state index contributed by atoms with van der Waals surface area (Å²) in [5, 5.41) is 6.40. The van der Waals surface area contributed by atoms with Crippen LogP contribution in [0, 0.1) is 6.92 Å². The zero-order valence-electron chi connectivity index (χ0n) is 15.8. The number of likely N-dealkylation sites (N-methyl/N-ethyl adjacent to an activating group) is 1. The number of amidine groups is 1. The molecule has 0 saturated carbocycles. The summed E-state index contributed by atoms with van der Waals surface area (Å²) in [6.45, 7) is 9.42. The Hall–Kier alpha value is -3.10. The van der Waals surface area contributed by atoms with Crippen molar-refractivity contribution in [3.63, 3.8) is 0 Å². The summed E-state index contributed by atoms with van der Waals surface area (Å²) in [7, 11) is 1.81. The number of carbonyl (C=O) groups is 1. The third kappa shape index (κ3) is 4.50. The molecular formula is C22H25N3O. The van der Waals surface area contributed by atoms with Crippen LogP contribution in [-0.2, 0) is 6.42 Å². The molecule has 0 aromatic heterocycles. The number of carbonyl (C=O) groups excluding carboxylic acids is 1. The van der Waals surface area contributed by atoms with E-state index in [4.69, 9.17) is 0 Å². The van der Waals surface area contributed by atoms with Gasteiger partial charge in [-0.15, -0.1) is 0 Å². The Kier molecular flexibility index (Phi) is 6.54. The largest absolute Gasteiger partial charge is 0.371 e. The number of ketones is 1. The van der Waals surface area contributed by atoms with Crippen molar-refractivity contribution in [1.82, 2.24) is 5.32 Å². The van der Waals surface area contributed by atoms with Gasteiger partial charge >= 0.3 is 0 Å². The maximum Gasteiger partial charge on any atom is 0.160 e. The topological polar surface area (TPSA) is 53.5 Å². The Morgan fingerprint density at radius 3 is 2.54 bits per heavy atom. The van der Waals surface area contributed by atoms with Crippen molar-refractivity contribution < 1.29 is 4.79 Å². The van der Waals surface area contributed by atoms with Crippen LogP contribution in [0.3, 0.4) is 0 Å². The molecule has 0 amide bonds. The average molecular weight is 347 g/mol. The number of anilines is 1. The molecule has 2 rings (SSSR count). The number of hydrogen-bond acceptors (Lipinski definition) is 3. The second-order valence-electron chi connectivity index (χ2n) is 5.96. The standard InChI is InChI=1S/C22H25N3O/c1-6-17-14-18(12-13-19(17)16(4)26)24-20(7-2)22(23-5)25-21-11-9-8-10-15(21)3/h8-14,24H,2,6H2,1,3-5H3,(H,23,25). The van der Waals surface area contributed by atoms with Crippen molar-refractivity contribution in [3.05, 3.63) is 77.2 Å². The summed E-state index contributed by atoms with van der Waals surface area (Å²) in [6.07, 6.45) is 0.785. The van der Waals surface area contributed by atoms with Gasteiger partial charge in [-0.1, -0.05) is 37.4 Å². The highest BCUT2D eigenvalue weighted by Crippen LogP contribution is 2.21. The first kappa shape index (κ1) is 19.2. The number of nitrogens with one attached hydrogen (secondary N) is 2. The maximum absolute atomic E-state index is 11.7. The molecule has 0 heterocycles. The van der Waals surface area contributed by atoms with Crippen LogP contribution in [0.2, 0.25) is 0 Å². The van der Waals surface area contributed by atoms with E-state index in [9.17, 15) is 4.79 Å². The van der Waals surface area contributed by atoms with E-state index in [0.29, 0.717) is 11.5 Å². The van der Waals surface area contributed by atoms with Crippen LogP contribution in [0.25, 0.3) is 0 Å². The average Bonchev–Trinajstić information content (AvgIpc) is 2.65. The van der Waals surface area contributed by atoms with Crippen molar-refractivity contribution >= 4 is 23.0 Å². The molecule has 0 aliphatic heterocycles. The quantitative estimate of drug-likeness (QED) is 0.342. The van der Waals surface area contributed by atoms with E-state index in [0.717, 1.165) is 34.5 Å². The van der Waals surface area contributed by atoms with Gasteiger partial charge < -0.3 is 10.6 Å². The molecule has 4 heteroatoms. The minimum Gasteiger partial charge on any atom is -0.371 e. The maximum atomic E-state index is 11.7. The van der Waals surface area contributed by atoms with Crippen molar-refractivity contribution in [2.75, 3.05) is 12.4 Å².